The van der Waals surface area contributed by atoms with Crippen LogP contribution in [-0.2, 0) is 0 Å². The lowest BCUT2D eigenvalue weighted by Gasteiger charge is -2.02. The van der Waals surface area contributed by atoms with Crippen molar-refractivity contribution in [3.05, 3.63) is 40.8 Å². The summed E-state index contributed by atoms with van der Waals surface area (Å²) in [4.78, 5) is 15.8. The van der Waals surface area contributed by atoms with Crippen molar-refractivity contribution in [2.75, 3.05) is 5.32 Å². The Balaban J connectivity index is 2.14. The number of hydrogen-bond acceptors (Lipinski definition) is 3. The van der Waals surface area contributed by atoms with E-state index in [9.17, 15) is 4.79 Å². The molecule has 0 aliphatic rings. The van der Waals surface area contributed by atoms with E-state index >= 15 is 0 Å². The van der Waals surface area contributed by atoms with Gasteiger partial charge in [-0.15, -0.1) is 0 Å². The van der Waals surface area contributed by atoms with E-state index in [-0.39, 0.29) is 5.91 Å². The first-order chi connectivity index (χ1) is 8.58. The third-order valence-corrected chi connectivity index (χ3v) is 2.78. The lowest BCUT2D eigenvalue weighted by molar-refractivity contribution is 0.102. The molecule has 1 amide bonds. The van der Waals surface area contributed by atoms with Crippen molar-refractivity contribution in [3.63, 3.8) is 0 Å². The van der Waals surface area contributed by atoms with Crippen LogP contribution in [0.1, 0.15) is 35.8 Å². The lowest BCUT2D eigenvalue weighted by Crippen LogP contribution is -2.12. The van der Waals surface area contributed by atoms with Gasteiger partial charge >= 0.3 is 0 Å². The summed E-state index contributed by atoms with van der Waals surface area (Å²) >= 11 is 5.89. The summed E-state index contributed by atoms with van der Waals surface area (Å²) in [6.45, 7) is 4.08. The quantitative estimate of drug-likeness (QED) is 0.895. The van der Waals surface area contributed by atoms with E-state index < -0.39 is 0 Å². The Labute approximate surface area is 110 Å². The summed E-state index contributed by atoms with van der Waals surface area (Å²) in [5.41, 5.74) is 1.34. The largest absolute Gasteiger partial charge is 0.305 e. The van der Waals surface area contributed by atoms with Crippen molar-refractivity contribution >= 4 is 23.3 Å². The third kappa shape index (κ3) is 2.68. The summed E-state index contributed by atoms with van der Waals surface area (Å²) in [5, 5.41) is 9.88. The average Bonchev–Trinajstić information content (AvgIpc) is 2.78. The van der Waals surface area contributed by atoms with Crippen molar-refractivity contribution in [3.8, 4) is 0 Å². The first-order valence-electron chi connectivity index (χ1n) is 5.54. The molecule has 0 spiro atoms. The standard InChI is InChI=1S/C12H13ClN4O/c1-7(2)10-5-11(17-16-10)15-12(18)8-3-4-14-6-9(8)13/h3-7H,1-2H3,(H2,15,16,17,18). The summed E-state index contributed by atoms with van der Waals surface area (Å²) in [6, 6.07) is 3.37. The van der Waals surface area contributed by atoms with Gasteiger partial charge in [-0.05, 0) is 12.0 Å². The van der Waals surface area contributed by atoms with Crippen LogP contribution in [0.5, 0.6) is 0 Å². The second-order valence-corrected chi connectivity index (χ2v) is 4.58. The summed E-state index contributed by atoms with van der Waals surface area (Å²) in [7, 11) is 0. The van der Waals surface area contributed by atoms with Crippen LogP contribution in [0.25, 0.3) is 0 Å². The highest BCUT2D eigenvalue weighted by molar-refractivity contribution is 6.34. The predicted molar refractivity (Wildman–Crippen MR) is 69.9 cm³/mol. The number of nitrogens with one attached hydrogen (secondary N) is 2. The zero-order valence-electron chi connectivity index (χ0n) is 10.1. The number of anilines is 1. The molecule has 94 valence electrons. The van der Waals surface area contributed by atoms with Gasteiger partial charge in [0, 0.05) is 24.2 Å². The molecule has 0 saturated heterocycles. The number of halogens is 1. The topological polar surface area (TPSA) is 70.7 Å². The number of hydrogen-bond donors (Lipinski definition) is 2. The van der Waals surface area contributed by atoms with Crippen LogP contribution in [0.3, 0.4) is 0 Å². The highest BCUT2D eigenvalue weighted by Gasteiger charge is 2.12. The molecule has 0 aliphatic heterocycles. The first-order valence-corrected chi connectivity index (χ1v) is 5.92. The maximum absolute atomic E-state index is 11.9. The van der Waals surface area contributed by atoms with E-state index in [0.29, 0.717) is 22.3 Å². The van der Waals surface area contributed by atoms with Gasteiger partial charge in [0.25, 0.3) is 5.91 Å². The molecule has 18 heavy (non-hydrogen) atoms. The maximum Gasteiger partial charge on any atom is 0.258 e. The normalized spacial score (nSPS) is 10.7. The van der Waals surface area contributed by atoms with Gasteiger partial charge < -0.3 is 5.32 Å². The van der Waals surface area contributed by atoms with Crippen molar-refractivity contribution in [1.29, 1.82) is 0 Å². The van der Waals surface area contributed by atoms with Crippen LogP contribution < -0.4 is 5.32 Å². The number of rotatable bonds is 3. The SMILES string of the molecule is CC(C)c1cc(NC(=O)c2ccncc2Cl)n[nH]1. The number of nitrogens with zero attached hydrogens (tertiary/aromatic N) is 2. The van der Waals surface area contributed by atoms with E-state index in [1.165, 1.54) is 12.4 Å². The maximum atomic E-state index is 11.9. The van der Waals surface area contributed by atoms with Crippen LogP contribution in [-0.4, -0.2) is 21.1 Å². The molecule has 2 heterocycles. The molecule has 0 unspecified atom stereocenters. The van der Waals surface area contributed by atoms with Crippen LogP contribution in [0.4, 0.5) is 5.82 Å². The molecule has 0 bridgehead atoms. The fraction of sp³-hybridized carbons (Fsp3) is 0.250. The molecule has 0 radical (unpaired) electrons. The van der Waals surface area contributed by atoms with Crippen LogP contribution in [0.2, 0.25) is 5.02 Å². The molecule has 0 atom stereocenters. The first kappa shape index (κ1) is 12.6. The van der Waals surface area contributed by atoms with Crippen molar-refractivity contribution in [2.45, 2.75) is 19.8 Å². The van der Waals surface area contributed by atoms with E-state index in [2.05, 4.69) is 20.5 Å². The predicted octanol–water partition coefficient (Wildman–Crippen LogP) is 2.83. The van der Waals surface area contributed by atoms with Crippen molar-refractivity contribution in [1.82, 2.24) is 15.2 Å². The van der Waals surface area contributed by atoms with Crippen LogP contribution in [0, 0.1) is 0 Å². The van der Waals surface area contributed by atoms with Gasteiger partial charge in [-0.3, -0.25) is 14.9 Å². The number of carbonyl (C=O) groups excluding carboxylic acids is 1. The van der Waals surface area contributed by atoms with E-state index in [0.717, 1.165) is 5.69 Å². The van der Waals surface area contributed by atoms with E-state index in [1.54, 1.807) is 12.1 Å². The summed E-state index contributed by atoms with van der Waals surface area (Å²) in [5.74, 6) is 0.508. The number of H-pyrrole nitrogens is 1. The minimum Gasteiger partial charge on any atom is -0.305 e. The minimum atomic E-state index is -0.302. The molecule has 2 rings (SSSR count). The smallest absolute Gasteiger partial charge is 0.258 e. The third-order valence-electron chi connectivity index (χ3n) is 2.48. The molecule has 2 N–H and O–H groups in total. The van der Waals surface area contributed by atoms with Crippen molar-refractivity contribution < 1.29 is 4.79 Å². The number of pyridine rings is 1. The Morgan fingerprint density at radius 2 is 2.28 bits per heavy atom. The second kappa shape index (κ2) is 5.18. The highest BCUT2D eigenvalue weighted by atomic mass is 35.5. The Bertz CT molecular complexity index is 565. The molecule has 0 saturated carbocycles. The zero-order chi connectivity index (χ0) is 13.1. The average molecular weight is 265 g/mol. The molecular formula is C12H13ClN4O. The Hall–Kier alpha value is -1.88. The number of carbonyl (C=O) groups is 1. The fourth-order valence-electron chi connectivity index (χ4n) is 1.44. The molecule has 2 aromatic rings. The van der Waals surface area contributed by atoms with E-state index in [4.69, 9.17) is 11.6 Å². The van der Waals surface area contributed by atoms with Crippen LogP contribution >= 0.6 is 11.6 Å². The summed E-state index contributed by atoms with van der Waals surface area (Å²) < 4.78 is 0. The molecular weight excluding hydrogens is 252 g/mol. The van der Waals surface area contributed by atoms with Gasteiger partial charge in [0.2, 0.25) is 0 Å². The molecule has 0 aromatic carbocycles. The Morgan fingerprint density at radius 3 is 2.89 bits per heavy atom. The van der Waals surface area contributed by atoms with Gasteiger partial charge in [-0.2, -0.15) is 5.10 Å². The molecule has 6 heteroatoms. The molecule has 0 aliphatic carbocycles. The Morgan fingerprint density at radius 1 is 1.50 bits per heavy atom. The zero-order valence-corrected chi connectivity index (χ0v) is 10.8. The van der Waals surface area contributed by atoms with E-state index in [1.807, 2.05) is 13.8 Å². The van der Waals surface area contributed by atoms with Gasteiger partial charge in [0.15, 0.2) is 5.82 Å². The molecule has 5 nitrogen and oxygen atoms in total. The van der Waals surface area contributed by atoms with Crippen molar-refractivity contribution in [2.24, 2.45) is 0 Å². The number of aromatic nitrogens is 3. The summed E-state index contributed by atoms with van der Waals surface area (Å²) in [6.07, 6.45) is 2.95. The van der Waals surface area contributed by atoms with Crippen LogP contribution in [0.15, 0.2) is 24.5 Å². The molecule has 0 fully saturated rings. The van der Waals surface area contributed by atoms with Gasteiger partial charge in [0.05, 0.1) is 10.6 Å². The minimum absolute atomic E-state index is 0.302. The fourth-order valence-corrected chi connectivity index (χ4v) is 1.64. The lowest BCUT2D eigenvalue weighted by atomic mass is 10.1. The molecule has 2 aromatic heterocycles. The van der Waals surface area contributed by atoms with Gasteiger partial charge in [0.1, 0.15) is 0 Å². The Kier molecular flexibility index (Phi) is 3.62. The number of aromatic amines is 1. The monoisotopic (exact) mass is 264 g/mol. The van der Waals surface area contributed by atoms with Gasteiger partial charge in [-0.1, -0.05) is 25.4 Å². The van der Waals surface area contributed by atoms with Gasteiger partial charge in [-0.25, -0.2) is 0 Å². The highest BCUT2D eigenvalue weighted by Crippen LogP contribution is 2.17. The second-order valence-electron chi connectivity index (χ2n) is 4.17. The number of amides is 1.